The summed E-state index contributed by atoms with van der Waals surface area (Å²) < 4.78 is 6.19. The predicted octanol–water partition coefficient (Wildman–Crippen LogP) is 7.59. The number of esters is 1. The van der Waals surface area contributed by atoms with Gasteiger partial charge in [-0.05, 0) is 131 Å². The third-order valence-corrected chi connectivity index (χ3v) is 16.8. The van der Waals surface area contributed by atoms with Crippen molar-refractivity contribution < 1.29 is 29.3 Å². The van der Waals surface area contributed by atoms with Crippen LogP contribution in [0.2, 0.25) is 0 Å². The van der Waals surface area contributed by atoms with E-state index in [0.29, 0.717) is 31.3 Å². The molecule has 6 rings (SSSR count). The third kappa shape index (κ3) is 7.09. The number of likely N-dealkylation sites (N-methyl/N-ethyl adjacent to an activating group) is 1. The Morgan fingerprint density at radius 2 is 1.68 bits per heavy atom. The first-order valence-corrected chi connectivity index (χ1v) is 21.5. The van der Waals surface area contributed by atoms with Crippen molar-refractivity contribution in [2.24, 2.45) is 56.2 Å². The van der Waals surface area contributed by atoms with Gasteiger partial charge in [0.2, 0.25) is 0 Å². The number of nitrogens with zero attached hydrogens (tertiary/aromatic N) is 4. The lowest BCUT2D eigenvalue weighted by molar-refractivity contribution is -0.235. The summed E-state index contributed by atoms with van der Waals surface area (Å²) in [7, 11) is 4.15. The van der Waals surface area contributed by atoms with Crippen molar-refractivity contribution in [2.75, 3.05) is 33.7 Å². The fourth-order valence-electron chi connectivity index (χ4n) is 13.5. The minimum absolute atomic E-state index is 0.0331. The number of hydrogen-bond acceptors (Lipinski definition) is 9. The summed E-state index contributed by atoms with van der Waals surface area (Å²) in [5.74, 6) is -0.0142. The molecule has 2 unspecified atom stereocenters. The Morgan fingerprint density at radius 3 is 2.30 bits per heavy atom. The zero-order chi connectivity index (χ0) is 41.2. The number of ether oxygens (including phenoxy) is 1. The van der Waals surface area contributed by atoms with E-state index < -0.39 is 28.9 Å². The average molecular weight is 777 g/mol. The number of carbonyl (C=O) groups excluding carboxylic acids is 2. The Kier molecular flexibility index (Phi) is 11.6. The van der Waals surface area contributed by atoms with Gasteiger partial charge in [-0.15, -0.1) is 0 Å². The molecule has 10 heteroatoms. The number of carbonyl (C=O) groups is 3. The summed E-state index contributed by atoms with van der Waals surface area (Å²) in [4.78, 5) is 52.3. The molecule has 0 radical (unpaired) electrons. The molecular formula is C46H72N4O6. The molecule has 56 heavy (non-hydrogen) atoms. The lowest BCUT2D eigenvalue weighted by atomic mass is 9.33. The van der Waals surface area contributed by atoms with E-state index in [4.69, 9.17) is 4.74 Å². The van der Waals surface area contributed by atoms with E-state index in [1.54, 1.807) is 26.4 Å². The average Bonchev–Trinajstić information content (AvgIpc) is 3.42. The topological polar surface area (TPSA) is 133 Å². The van der Waals surface area contributed by atoms with Crippen molar-refractivity contribution in [2.45, 2.75) is 145 Å². The summed E-state index contributed by atoms with van der Waals surface area (Å²) >= 11 is 0. The molecule has 1 heterocycles. The van der Waals surface area contributed by atoms with Gasteiger partial charge in [-0.25, -0.2) is 9.97 Å². The van der Waals surface area contributed by atoms with Crippen molar-refractivity contribution in [1.82, 2.24) is 19.8 Å². The maximum Gasteiger partial charge on any atom is 0.309 e. The molecule has 4 saturated carbocycles. The molecule has 0 bridgehead atoms. The molecule has 0 saturated heterocycles. The van der Waals surface area contributed by atoms with Crippen LogP contribution in [0, 0.1) is 56.2 Å². The molecule has 10 nitrogen and oxygen atoms in total. The van der Waals surface area contributed by atoms with Crippen molar-refractivity contribution in [3.05, 3.63) is 35.4 Å². The Balaban J connectivity index is 1.29. The number of rotatable bonds is 13. The SMILES string of the molecule is CC(C)C1=C2C3CC[C@@H]4[C@@]5(C)CC[C@H](OC(=O)CC(C)(C)C(=O)O)C(C)(C)[C@@H]5CC[C@@]4(C)[C@]3(C)CCC2([C@@H](O)CN(CCN(C)C)Cc2ccncn2)CC1=O. The number of Topliss-reactive ketones (excluding diaryl/α,β-unsaturated/α-hetero) is 1. The molecule has 1 aromatic heterocycles. The molecule has 312 valence electrons. The van der Waals surface area contributed by atoms with Crippen LogP contribution in [0.4, 0.5) is 0 Å². The van der Waals surface area contributed by atoms with Gasteiger partial charge in [0, 0.05) is 49.6 Å². The first-order valence-electron chi connectivity index (χ1n) is 21.5. The Labute approximate surface area is 336 Å². The number of hydrogen-bond donors (Lipinski definition) is 2. The number of aliphatic hydroxyl groups is 1. The minimum Gasteiger partial charge on any atom is -0.481 e. The zero-order valence-electron chi connectivity index (χ0n) is 36.4. The quantitative estimate of drug-likeness (QED) is 0.193. The highest BCUT2D eigenvalue weighted by Crippen LogP contribution is 2.77. The number of aromatic nitrogens is 2. The first-order chi connectivity index (χ1) is 26.0. The molecule has 0 spiro atoms. The largest absolute Gasteiger partial charge is 0.481 e. The standard InChI is InChI=1S/C46H72N4O6/c1-29(2)38-32(51)24-46(35(52)27-50(23-22-49(10)11)26-30-16-21-47-28-48-30)20-19-44(8)31(39(38)46)12-13-34-43(7)17-15-36(56-37(53)25-41(3,4)40(54)55)42(5,6)33(43)14-18-45(34,44)9/h16,21,28-29,31,33-36,52H,12-15,17-20,22-27H2,1-11H3,(H,54,55)/t31?,33-,34+,35-,36-,43-,44+,45+,46?/m0/s1. The summed E-state index contributed by atoms with van der Waals surface area (Å²) in [5.41, 5.74) is 1.28. The highest BCUT2D eigenvalue weighted by molar-refractivity contribution is 6.00. The van der Waals surface area contributed by atoms with Gasteiger partial charge in [0.15, 0.2) is 5.78 Å². The van der Waals surface area contributed by atoms with Gasteiger partial charge in [0.25, 0.3) is 0 Å². The number of aliphatic carboxylic acids is 1. The van der Waals surface area contributed by atoms with Crippen molar-refractivity contribution in [1.29, 1.82) is 0 Å². The minimum atomic E-state index is -1.17. The van der Waals surface area contributed by atoms with Crippen LogP contribution in [-0.2, 0) is 25.7 Å². The summed E-state index contributed by atoms with van der Waals surface area (Å²) in [6, 6.07) is 1.94. The molecule has 9 atom stereocenters. The van der Waals surface area contributed by atoms with Crippen LogP contribution < -0.4 is 0 Å². The van der Waals surface area contributed by atoms with Gasteiger partial charge in [0.1, 0.15) is 12.4 Å². The Bertz CT molecular complexity index is 1690. The molecule has 5 aliphatic rings. The van der Waals surface area contributed by atoms with E-state index >= 15 is 0 Å². The smallest absolute Gasteiger partial charge is 0.309 e. The monoisotopic (exact) mass is 777 g/mol. The first kappa shape index (κ1) is 42.9. The van der Waals surface area contributed by atoms with Gasteiger partial charge in [-0.2, -0.15) is 0 Å². The Hall–Kier alpha value is -2.69. The van der Waals surface area contributed by atoms with Gasteiger partial charge >= 0.3 is 11.9 Å². The van der Waals surface area contributed by atoms with E-state index in [2.05, 4.69) is 82.3 Å². The molecular weight excluding hydrogens is 705 g/mol. The van der Waals surface area contributed by atoms with Crippen LogP contribution >= 0.6 is 0 Å². The van der Waals surface area contributed by atoms with Crippen LogP contribution in [0.5, 0.6) is 0 Å². The lowest BCUT2D eigenvalue weighted by Crippen LogP contribution is -2.66. The van der Waals surface area contributed by atoms with E-state index in [1.165, 1.54) is 5.57 Å². The highest BCUT2D eigenvalue weighted by atomic mass is 16.5. The fraction of sp³-hybridized carbons (Fsp3) is 0.804. The van der Waals surface area contributed by atoms with Gasteiger partial charge < -0.3 is 19.8 Å². The number of aliphatic hydroxyl groups excluding tert-OH is 1. The predicted molar refractivity (Wildman–Crippen MR) is 217 cm³/mol. The van der Waals surface area contributed by atoms with Crippen LogP contribution in [0.15, 0.2) is 29.7 Å². The van der Waals surface area contributed by atoms with E-state index in [-0.39, 0.29) is 51.8 Å². The third-order valence-electron chi connectivity index (χ3n) is 16.8. The molecule has 1 aromatic rings. The lowest BCUT2D eigenvalue weighted by Gasteiger charge is -2.72. The van der Waals surface area contributed by atoms with Crippen molar-refractivity contribution >= 4 is 17.7 Å². The van der Waals surface area contributed by atoms with Crippen LogP contribution in [-0.4, -0.2) is 93.6 Å². The normalized spacial score (nSPS) is 35.9. The molecule has 0 aliphatic heterocycles. The summed E-state index contributed by atoms with van der Waals surface area (Å²) in [6.07, 6.45) is 10.4. The second-order valence-corrected chi connectivity index (χ2v) is 21.3. The van der Waals surface area contributed by atoms with Crippen LogP contribution in [0.3, 0.4) is 0 Å². The maximum absolute atomic E-state index is 14.3. The molecule has 0 aromatic carbocycles. The van der Waals surface area contributed by atoms with E-state index in [9.17, 15) is 24.6 Å². The molecule has 2 N–H and O–H groups in total. The van der Waals surface area contributed by atoms with Gasteiger partial charge in [-0.3, -0.25) is 19.3 Å². The summed E-state index contributed by atoms with van der Waals surface area (Å²) in [6.45, 7) is 22.4. The highest BCUT2D eigenvalue weighted by Gasteiger charge is 2.71. The van der Waals surface area contributed by atoms with Crippen molar-refractivity contribution in [3.63, 3.8) is 0 Å². The number of ketones is 1. The van der Waals surface area contributed by atoms with Gasteiger partial charge in [-0.1, -0.05) is 54.0 Å². The summed E-state index contributed by atoms with van der Waals surface area (Å²) in [5, 5.41) is 22.3. The van der Waals surface area contributed by atoms with E-state index in [1.807, 2.05) is 6.07 Å². The second kappa shape index (κ2) is 15.2. The van der Waals surface area contributed by atoms with Crippen LogP contribution in [0.1, 0.15) is 132 Å². The van der Waals surface area contributed by atoms with E-state index in [0.717, 1.165) is 75.7 Å². The van der Waals surface area contributed by atoms with Gasteiger partial charge in [0.05, 0.1) is 23.6 Å². The Morgan fingerprint density at radius 1 is 0.964 bits per heavy atom. The molecule has 4 fully saturated rings. The molecule has 5 aliphatic carbocycles. The van der Waals surface area contributed by atoms with Crippen molar-refractivity contribution in [3.8, 4) is 0 Å². The zero-order valence-corrected chi connectivity index (χ0v) is 36.4. The number of carboxylic acid groups (broad SMARTS) is 1. The number of fused-ring (bicyclic) bond motifs is 7. The maximum atomic E-state index is 14.3. The molecule has 0 amide bonds. The van der Waals surface area contributed by atoms with Crippen LogP contribution in [0.25, 0.3) is 0 Å². The second-order valence-electron chi connectivity index (χ2n) is 21.3. The fourth-order valence-corrected chi connectivity index (χ4v) is 13.5. The number of carboxylic acids is 1. The number of allylic oxidation sites excluding steroid dienone is 1.